The quantitative estimate of drug-likeness (QED) is 0.140. The van der Waals surface area contributed by atoms with Crippen LogP contribution < -0.4 is 5.32 Å². The van der Waals surface area contributed by atoms with E-state index in [1.165, 1.54) is 26.0 Å². The second-order valence-electron chi connectivity index (χ2n) is 17.7. The molecule has 1 heterocycles. The van der Waals surface area contributed by atoms with Gasteiger partial charge in [0, 0.05) is 37.7 Å². The zero-order valence-electron chi connectivity index (χ0n) is 35.8. The first-order chi connectivity index (χ1) is 29.3. The van der Waals surface area contributed by atoms with E-state index in [0.717, 1.165) is 6.92 Å². The molecule has 1 amide bonds. The zero-order valence-corrected chi connectivity index (χ0v) is 35.8. The smallest absolute Gasteiger partial charge is 0.338 e. The number of fused-ring (bicyclic) bond motifs is 5. The number of carbonyl (C=O) groups excluding carboxylic acids is 6. The van der Waals surface area contributed by atoms with Crippen LogP contribution in [0.3, 0.4) is 0 Å². The van der Waals surface area contributed by atoms with E-state index in [1.807, 2.05) is 0 Å². The average Bonchev–Trinajstić information content (AvgIpc) is 3.24. The SMILES string of the molecule is CC(=O)O[C@H]1C(=O)[C@@]2(C)C([C@H](OC(=O)c3ccccc3)[C@]3(O)C[C@H](OC(=O)C(C)[C@H](NC(=O)c4ccccc4)c4ccccc4)C(C)=C1C3(C)C)[C@]1(OC(C)=O)CO[C@@H]1C[C@@H]2O. The molecule has 2 unspecified atom stereocenters. The van der Waals surface area contributed by atoms with Gasteiger partial charge in [-0.25, -0.2) is 4.79 Å². The summed E-state index contributed by atoms with van der Waals surface area (Å²) in [4.78, 5) is 83.9. The Morgan fingerprint density at radius 3 is 1.95 bits per heavy atom. The van der Waals surface area contributed by atoms with Crippen molar-refractivity contribution in [3.8, 4) is 0 Å². The molecule has 0 aromatic heterocycles. The van der Waals surface area contributed by atoms with Crippen molar-refractivity contribution in [2.45, 2.75) is 109 Å². The van der Waals surface area contributed by atoms with E-state index in [9.17, 15) is 34.2 Å². The number of nitrogens with one attached hydrogen (secondary N) is 1. The van der Waals surface area contributed by atoms with Crippen LogP contribution in [-0.2, 0) is 42.9 Å². The Morgan fingerprint density at radius 1 is 0.823 bits per heavy atom. The Morgan fingerprint density at radius 2 is 1.40 bits per heavy atom. The molecule has 1 saturated heterocycles. The Hall–Kier alpha value is -5.70. The van der Waals surface area contributed by atoms with E-state index in [0.29, 0.717) is 11.1 Å². The van der Waals surface area contributed by atoms with Crippen LogP contribution in [0.15, 0.2) is 102 Å². The molecule has 2 bridgehead atoms. The molecule has 14 nitrogen and oxygen atoms in total. The van der Waals surface area contributed by atoms with Gasteiger partial charge in [-0.2, -0.15) is 0 Å². The lowest BCUT2D eigenvalue weighted by atomic mass is 9.44. The number of aliphatic hydroxyl groups is 2. The van der Waals surface area contributed by atoms with Crippen molar-refractivity contribution in [1.29, 1.82) is 0 Å². The molecule has 0 spiro atoms. The van der Waals surface area contributed by atoms with E-state index in [-0.39, 0.29) is 29.7 Å². The second-order valence-corrected chi connectivity index (χ2v) is 17.7. The van der Waals surface area contributed by atoms with Gasteiger partial charge in [0.1, 0.15) is 23.9 Å². The number of ether oxygens (including phenoxy) is 5. The van der Waals surface area contributed by atoms with Gasteiger partial charge in [0.2, 0.25) is 0 Å². The van der Waals surface area contributed by atoms with Crippen LogP contribution in [0.5, 0.6) is 0 Å². The fraction of sp³-hybridized carbons (Fsp3) is 0.458. The number of rotatable bonds is 10. The first kappa shape index (κ1) is 44.4. The van der Waals surface area contributed by atoms with E-state index in [1.54, 1.807) is 107 Å². The van der Waals surface area contributed by atoms with E-state index in [4.69, 9.17) is 23.7 Å². The van der Waals surface area contributed by atoms with Crippen molar-refractivity contribution in [2.75, 3.05) is 6.61 Å². The molecule has 7 rings (SSSR count). The molecule has 2 saturated carbocycles. The first-order valence-electron chi connectivity index (χ1n) is 20.8. The van der Waals surface area contributed by atoms with E-state index < -0.39 is 112 Å². The summed E-state index contributed by atoms with van der Waals surface area (Å²) in [7, 11) is 0. The maximum Gasteiger partial charge on any atom is 0.338 e. The maximum absolute atomic E-state index is 15.5. The molecule has 1 aliphatic heterocycles. The molecule has 3 aromatic rings. The fourth-order valence-corrected chi connectivity index (χ4v) is 10.4. The lowest BCUT2D eigenvalue weighted by Crippen LogP contribution is -2.82. The Balaban J connectivity index is 1.39. The highest BCUT2D eigenvalue weighted by atomic mass is 16.6. The summed E-state index contributed by atoms with van der Waals surface area (Å²) in [6.07, 6.45) is -7.99. The van der Waals surface area contributed by atoms with Crippen LogP contribution in [-0.4, -0.2) is 94.1 Å². The normalized spacial score (nSPS) is 31.9. The summed E-state index contributed by atoms with van der Waals surface area (Å²) in [5, 5.41) is 28.8. The molecule has 3 aliphatic carbocycles. The van der Waals surface area contributed by atoms with Gasteiger partial charge in [-0.15, -0.1) is 0 Å². The van der Waals surface area contributed by atoms with E-state index in [2.05, 4.69) is 5.32 Å². The number of esters is 4. The van der Waals surface area contributed by atoms with Gasteiger partial charge in [-0.1, -0.05) is 80.6 Å². The monoisotopic (exact) mass is 851 g/mol. The summed E-state index contributed by atoms with van der Waals surface area (Å²) in [6.45, 7) is 9.87. The highest BCUT2D eigenvalue weighted by Crippen LogP contribution is 2.64. The highest BCUT2D eigenvalue weighted by Gasteiger charge is 2.78. The highest BCUT2D eigenvalue weighted by molar-refractivity contribution is 5.96. The third-order valence-corrected chi connectivity index (χ3v) is 13.8. The first-order valence-corrected chi connectivity index (χ1v) is 20.8. The Labute approximate surface area is 359 Å². The molecular formula is C48H53NO13. The molecule has 3 N–H and O–H groups in total. The molecule has 3 aromatic carbocycles. The van der Waals surface area contributed by atoms with Crippen molar-refractivity contribution < 1.29 is 62.7 Å². The number of Topliss-reactive ketones (excluding diaryl/α,β-unsaturated/α-hetero) is 1. The van der Waals surface area contributed by atoms with Crippen LogP contribution in [0, 0.1) is 22.7 Å². The van der Waals surface area contributed by atoms with Gasteiger partial charge >= 0.3 is 23.9 Å². The molecule has 11 atom stereocenters. The zero-order chi connectivity index (χ0) is 44.9. The number of benzene rings is 3. The van der Waals surface area contributed by atoms with Crippen LogP contribution >= 0.6 is 0 Å². The van der Waals surface area contributed by atoms with Gasteiger partial charge in [0.15, 0.2) is 17.5 Å². The van der Waals surface area contributed by atoms with Crippen LogP contribution in [0.4, 0.5) is 0 Å². The molecular weight excluding hydrogens is 799 g/mol. The number of hydrogen-bond donors (Lipinski definition) is 3. The fourth-order valence-electron chi connectivity index (χ4n) is 10.4. The minimum absolute atomic E-state index is 0.0787. The average molecular weight is 852 g/mol. The largest absolute Gasteiger partial charge is 0.457 e. The third kappa shape index (κ3) is 7.31. The number of aliphatic hydroxyl groups excluding tert-OH is 1. The minimum atomic E-state index is -2.31. The van der Waals surface area contributed by atoms with E-state index >= 15 is 4.79 Å². The standard InChI is InChI=1S/C48H53NO13/c1-26-33(60-43(55)27(2)37(30-17-11-8-12-18-30)49-42(54)31-19-13-9-14-20-31)24-48(57)41(61-44(56)32-21-15-10-16-22-32)39-46(7,34(52)23-35-47(39,25-58-35)62-29(4)51)40(53)38(59-28(3)50)36(26)45(48,5)6/h8-22,27,33-35,37-39,41,52,57H,23-25H2,1-7H3,(H,49,54)/t27?,33-,34-,35+,37-,38+,39?,41-,46+,47-,48+/m0/s1. The predicted octanol–water partition coefficient (Wildman–Crippen LogP) is 5.01. The van der Waals surface area contributed by atoms with Gasteiger partial charge in [-0.3, -0.25) is 24.0 Å². The third-order valence-electron chi connectivity index (χ3n) is 13.8. The van der Waals surface area contributed by atoms with Crippen LogP contribution in [0.1, 0.15) is 93.6 Å². The molecule has 4 aliphatic rings. The molecule has 62 heavy (non-hydrogen) atoms. The number of carbonyl (C=O) groups is 6. The minimum Gasteiger partial charge on any atom is -0.457 e. The van der Waals surface area contributed by atoms with Crippen LogP contribution in [0.2, 0.25) is 0 Å². The summed E-state index contributed by atoms with van der Waals surface area (Å²) < 4.78 is 30.7. The summed E-state index contributed by atoms with van der Waals surface area (Å²) in [5.74, 6) is -7.07. The summed E-state index contributed by atoms with van der Waals surface area (Å²) in [5.41, 5.74) is -6.21. The molecule has 0 radical (unpaired) electrons. The number of amides is 1. The van der Waals surface area contributed by atoms with Crippen molar-refractivity contribution >= 4 is 35.6 Å². The number of hydrogen-bond acceptors (Lipinski definition) is 13. The van der Waals surface area contributed by atoms with Gasteiger partial charge in [-0.05, 0) is 61.7 Å². The molecule has 3 fully saturated rings. The topological polar surface area (TPSA) is 201 Å². The predicted molar refractivity (Wildman–Crippen MR) is 221 cm³/mol. The van der Waals surface area contributed by atoms with Crippen molar-refractivity contribution in [3.63, 3.8) is 0 Å². The molecule has 14 heteroatoms. The van der Waals surface area contributed by atoms with Gasteiger partial charge in [0.05, 0.1) is 41.6 Å². The van der Waals surface area contributed by atoms with Crippen LogP contribution in [0.25, 0.3) is 0 Å². The Kier molecular flexibility index (Phi) is 11.8. The van der Waals surface area contributed by atoms with Crippen molar-refractivity contribution in [1.82, 2.24) is 5.32 Å². The van der Waals surface area contributed by atoms with Crippen molar-refractivity contribution in [2.24, 2.45) is 22.7 Å². The molecule has 328 valence electrons. The van der Waals surface area contributed by atoms with Gasteiger partial charge < -0.3 is 39.2 Å². The second kappa shape index (κ2) is 16.5. The lowest BCUT2D eigenvalue weighted by Gasteiger charge is -2.67. The number of ketones is 1. The van der Waals surface area contributed by atoms with Gasteiger partial charge in [0.25, 0.3) is 5.91 Å². The summed E-state index contributed by atoms with van der Waals surface area (Å²) >= 11 is 0. The maximum atomic E-state index is 15.5. The lowest BCUT2D eigenvalue weighted by molar-refractivity contribution is -0.346. The van der Waals surface area contributed by atoms with Crippen molar-refractivity contribution in [3.05, 3.63) is 119 Å². The Bertz CT molecular complexity index is 2280. The summed E-state index contributed by atoms with van der Waals surface area (Å²) in [6, 6.07) is 24.5.